The first-order chi connectivity index (χ1) is 8.31. The van der Waals surface area contributed by atoms with Gasteiger partial charge < -0.3 is 9.40 Å². The minimum Gasteiger partial charge on any atom is -0.454 e. The molecule has 0 saturated heterocycles. The molecule has 0 amide bonds. The number of hydrogen-bond donors (Lipinski definition) is 1. The average Bonchev–Trinajstić information content (AvgIpc) is 2.87. The van der Waals surface area contributed by atoms with Gasteiger partial charge in [-0.3, -0.25) is 0 Å². The fourth-order valence-electron chi connectivity index (χ4n) is 2.30. The summed E-state index contributed by atoms with van der Waals surface area (Å²) in [6.45, 7) is 0. The molecule has 4 aromatic rings. The van der Waals surface area contributed by atoms with E-state index in [2.05, 4.69) is 17.1 Å². The van der Waals surface area contributed by atoms with Crippen molar-refractivity contribution in [3.8, 4) is 0 Å². The summed E-state index contributed by atoms with van der Waals surface area (Å²) in [5.74, 6) is 0. The molecule has 0 aliphatic carbocycles. The van der Waals surface area contributed by atoms with Gasteiger partial charge in [-0.2, -0.15) is 0 Å². The second-order valence-electron chi connectivity index (χ2n) is 4.16. The van der Waals surface area contributed by atoms with Gasteiger partial charge >= 0.3 is 0 Å². The second-order valence-corrected chi connectivity index (χ2v) is 4.60. The molecule has 82 valence electrons. The number of benzene rings is 2. The van der Waals surface area contributed by atoms with Crippen LogP contribution in [0.1, 0.15) is 0 Å². The van der Waals surface area contributed by atoms with Crippen molar-refractivity contribution in [3.63, 3.8) is 0 Å². The van der Waals surface area contributed by atoms with Crippen molar-refractivity contribution in [3.05, 3.63) is 47.6 Å². The lowest BCUT2D eigenvalue weighted by molar-refractivity contribution is 0.670. The number of rotatable bonds is 0. The van der Waals surface area contributed by atoms with E-state index in [0.29, 0.717) is 0 Å². The van der Waals surface area contributed by atoms with Gasteiger partial charge in [0.15, 0.2) is 5.58 Å². The molecule has 0 aliphatic heterocycles. The topological polar surface area (TPSA) is 28.9 Å². The Hall–Kier alpha value is -1.93. The van der Waals surface area contributed by atoms with E-state index in [1.165, 1.54) is 0 Å². The zero-order chi connectivity index (χ0) is 11.4. The maximum atomic E-state index is 6.01. The minimum absolute atomic E-state index is 0.753. The van der Waals surface area contributed by atoms with E-state index >= 15 is 0 Å². The lowest BCUT2D eigenvalue weighted by Gasteiger charge is -1.98. The molecule has 4 rings (SSSR count). The van der Waals surface area contributed by atoms with Crippen LogP contribution in [0, 0.1) is 0 Å². The molecule has 0 spiro atoms. The molecule has 2 aromatic heterocycles. The average molecular weight is 242 g/mol. The lowest BCUT2D eigenvalue weighted by atomic mass is 10.1. The van der Waals surface area contributed by atoms with E-state index in [9.17, 15) is 0 Å². The van der Waals surface area contributed by atoms with Crippen LogP contribution < -0.4 is 0 Å². The highest BCUT2D eigenvalue weighted by Gasteiger charge is 2.08. The third-order valence-electron chi connectivity index (χ3n) is 3.10. The van der Waals surface area contributed by atoms with Crippen LogP contribution in [0.25, 0.3) is 32.8 Å². The van der Waals surface area contributed by atoms with Gasteiger partial charge in [0.05, 0.1) is 5.52 Å². The van der Waals surface area contributed by atoms with E-state index < -0.39 is 0 Å². The van der Waals surface area contributed by atoms with Gasteiger partial charge in [-0.15, -0.1) is 0 Å². The van der Waals surface area contributed by atoms with Crippen LogP contribution in [-0.2, 0) is 0 Å². The number of aromatic amines is 1. The van der Waals surface area contributed by atoms with Crippen molar-refractivity contribution in [1.82, 2.24) is 4.98 Å². The Bertz CT molecular complexity index is 856. The molecule has 0 bridgehead atoms. The Labute approximate surface area is 102 Å². The number of hydrogen-bond acceptors (Lipinski definition) is 1. The van der Waals surface area contributed by atoms with Gasteiger partial charge in [-0.05, 0) is 41.1 Å². The van der Waals surface area contributed by atoms with E-state index in [1.54, 1.807) is 0 Å². The summed E-state index contributed by atoms with van der Waals surface area (Å²) in [6.07, 6.45) is 1.88. The predicted octanol–water partition coefficient (Wildman–Crippen LogP) is 4.72. The third kappa shape index (κ3) is 1.22. The number of halogens is 1. The van der Waals surface area contributed by atoms with Crippen LogP contribution >= 0.6 is 11.6 Å². The van der Waals surface area contributed by atoms with Crippen molar-refractivity contribution in [2.75, 3.05) is 0 Å². The van der Waals surface area contributed by atoms with Crippen LogP contribution in [-0.4, -0.2) is 4.98 Å². The summed E-state index contributed by atoms with van der Waals surface area (Å²) in [5.41, 5.74) is 2.84. The zero-order valence-electron chi connectivity index (χ0n) is 8.83. The first-order valence-corrected chi connectivity index (χ1v) is 5.78. The lowest BCUT2D eigenvalue weighted by Crippen LogP contribution is -1.73. The number of nitrogens with one attached hydrogen (secondary N) is 1. The second kappa shape index (κ2) is 3.05. The Kier molecular flexibility index (Phi) is 1.64. The normalized spacial score (nSPS) is 11.8. The fraction of sp³-hybridized carbons (Fsp3) is 0. The number of H-pyrrole nitrogens is 1. The summed E-state index contributed by atoms with van der Waals surface area (Å²) in [5, 5.41) is 4.11. The molecule has 1 N–H and O–H groups in total. The maximum absolute atomic E-state index is 6.01. The first-order valence-electron chi connectivity index (χ1n) is 5.40. The summed E-state index contributed by atoms with van der Waals surface area (Å²) in [7, 11) is 0. The molecule has 2 heterocycles. The van der Waals surface area contributed by atoms with Crippen LogP contribution in [0.5, 0.6) is 0 Å². The fourth-order valence-corrected chi connectivity index (χ4v) is 2.48. The van der Waals surface area contributed by atoms with Crippen LogP contribution in [0.2, 0.25) is 5.02 Å². The van der Waals surface area contributed by atoms with Crippen LogP contribution in [0.4, 0.5) is 0 Å². The SMILES string of the molecule is Clc1ccc2cc3oc4cc[nH]c4c3cc2c1. The van der Waals surface area contributed by atoms with Crippen molar-refractivity contribution >= 4 is 44.4 Å². The van der Waals surface area contributed by atoms with Gasteiger partial charge in [0.1, 0.15) is 5.58 Å². The van der Waals surface area contributed by atoms with E-state index in [0.717, 1.165) is 37.9 Å². The highest BCUT2D eigenvalue weighted by Crippen LogP contribution is 2.32. The third-order valence-corrected chi connectivity index (χ3v) is 3.33. The number of furan rings is 1. The molecular weight excluding hydrogens is 234 g/mol. The molecule has 0 saturated carbocycles. The maximum Gasteiger partial charge on any atom is 0.153 e. The zero-order valence-corrected chi connectivity index (χ0v) is 9.58. The van der Waals surface area contributed by atoms with E-state index in [1.807, 2.05) is 30.5 Å². The Morgan fingerprint density at radius 3 is 2.82 bits per heavy atom. The Morgan fingerprint density at radius 2 is 1.88 bits per heavy atom. The van der Waals surface area contributed by atoms with E-state index in [4.69, 9.17) is 16.0 Å². The molecule has 0 atom stereocenters. The summed E-state index contributed by atoms with van der Waals surface area (Å²) < 4.78 is 5.77. The van der Waals surface area contributed by atoms with Crippen LogP contribution in [0.3, 0.4) is 0 Å². The van der Waals surface area contributed by atoms with Crippen LogP contribution in [0.15, 0.2) is 47.0 Å². The highest BCUT2D eigenvalue weighted by atomic mass is 35.5. The van der Waals surface area contributed by atoms with Gasteiger partial charge in [0.2, 0.25) is 0 Å². The molecular formula is C14H8ClNO. The van der Waals surface area contributed by atoms with Gasteiger partial charge in [-0.1, -0.05) is 17.7 Å². The Balaban J connectivity index is 2.25. The molecule has 0 radical (unpaired) electrons. The van der Waals surface area contributed by atoms with Crippen molar-refractivity contribution in [2.45, 2.75) is 0 Å². The molecule has 0 fully saturated rings. The predicted molar refractivity (Wildman–Crippen MR) is 70.6 cm³/mol. The van der Waals surface area contributed by atoms with Gasteiger partial charge in [0, 0.05) is 16.6 Å². The monoisotopic (exact) mass is 241 g/mol. The van der Waals surface area contributed by atoms with Crippen molar-refractivity contribution in [1.29, 1.82) is 0 Å². The molecule has 17 heavy (non-hydrogen) atoms. The largest absolute Gasteiger partial charge is 0.454 e. The number of aromatic nitrogens is 1. The highest BCUT2D eigenvalue weighted by molar-refractivity contribution is 6.31. The molecule has 2 nitrogen and oxygen atoms in total. The Morgan fingerprint density at radius 1 is 0.941 bits per heavy atom. The van der Waals surface area contributed by atoms with Gasteiger partial charge in [-0.25, -0.2) is 0 Å². The van der Waals surface area contributed by atoms with Crippen molar-refractivity contribution < 1.29 is 4.42 Å². The molecule has 2 aromatic carbocycles. The first kappa shape index (κ1) is 9.14. The van der Waals surface area contributed by atoms with Crippen molar-refractivity contribution in [2.24, 2.45) is 0 Å². The smallest absolute Gasteiger partial charge is 0.153 e. The quantitative estimate of drug-likeness (QED) is 0.474. The standard InChI is InChI=1S/C14H8ClNO/c15-10-2-1-8-7-13-11(6-9(8)5-10)14-12(17-13)3-4-16-14/h1-7,16H. The van der Waals surface area contributed by atoms with E-state index in [-0.39, 0.29) is 0 Å². The minimum atomic E-state index is 0.753. The molecule has 0 unspecified atom stereocenters. The molecule has 3 heteroatoms. The molecule has 0 aliphatic rings. The summed E-state index contributed by atoms with van der Waals surface area (Å²) in [6, 6.07) is 12.0. The summed E-state index contributed by atoms with van der Waals surface area (Å²) in [4.78, 5) is 3.20. The van der Waals surface area contributed by atoms with Gasteiger partial charge in [0.25, 0.3) is 0 Å². The summed E-state index contributed by atoms with van der Waals surface area (Å²) >= 11 is 6.01. The number of fused-ring (bicyclic) bond motifs is 4.